The second kappa shape index (κ2) is 2.72. The van der Waals surface area contributed by atoms with E-state index in [9.17, 15) is 0 Å². The molecule has 1 aromatic heterocycles. The topological polar surface area (TPSA) is 21.3 Å². The summed E-state index contributed by atoms with van der Waals surface area (Å²) < 4.78 is 5.35. The molecule has 0 amide bonds. The molecule has 2 heterocycles. The second-order valence-electron chi connectivity index (χ2n) is 3.88. The molecule has 0 aromatic carbocycles. The van der Waals surface area contributed by atoms with Gasteiger partial charge in [-0.1, -0.05) is 0 Å². The molecule has 1 N–H and O–H groups in total. The summed E-state index contributed by atoms with van der Waals surface area (Å²) in [6.07, 6.45) is 1.22. The molecule has 13 heavy (non-hydrogen) atoms. The summed E-state index contributed by atoms with van der Waals surface area (Å²) >= 11 is 1.87. The van der Waals surface area contributed by atoms with Gasteiger partial charge in [0.1, 0.15) is 5.75 Å². The molecule has 2 aliphatic rings. The monoisotopic (exact) mass is 195 g/mol. The molecule has 2 atom stereocenters. The summed E-state index contributed by atoms with van der Waals surface area (Å²) in [5.41, 5.74) is 1.49. The minimum Gasteiger partial charge on any atom is -0.496 e. The van der Waals surface area contributed by atoms with Crippen LogP contribution in [0.2, 0.25) is 0 Å². The highest BCUT2D eigenvalue weighted by molar-refractivity contribution is 7.10. The van der Waals surface area contributed by atoms with Crippen LogP contribution in [0.5, 0.6) is 5.75 Å². The van der Waals surface area contributed by atoms with Crippen molar-refractivity contribution >= 4 is 11.3 Å². The van der Waals surface area contributed by atoms with E-state index in [0.717, 1.165) is 17.6 Å². The van der Waals surface area contributed by atoms with Crippen LogP contribution in [0.25, 0.3) is 0 Å². The van der Waals surface area contributed by atoms with Crippen molar-refractivity contribution in [1.29, 1.82) is 0 Å². The molecule has 0 radical (unpaired) electrons. The molecule has 0 spiro atoms. The van der Waals surface area contributed by atoms with Gasteiger partial charge in [-0.3, -0.25) is 0 Å². The number of hydrogen-bond acceptors (Lipinski definition) is 3. The molecule has 1 aromatic rings. The highest BCUT2D eigenvalue weighted by Gasteiger charge is 2.38. The van der Waals surface area contributed by atoms with Crippen molar-refractivity contribution in [1.82, 2.24) is 5.32 Å². The number of hydrogen-bond donors (Lipinski definition) is 1. The summed E-state index contributed by atoms with van der Waals surface area (Å²) in [6, 6.07) is 0. The van der Waals surface area contributed by atoms with Gasteiger partial charge < -0.3 is 10.1 Å². The number of rotatable bonds is 1. The molecule has 3 rings (SSSR count). The molecule has 70 valence electrons. The van der Waals surface area contributed by atoms with E-state index in [1.54, 1.807) is 12.0 Å². The number of thiophene rings is 1. The van der Waals surface area contributed by atoms with Crippen LogP contribution in [0.15, 0.2) is 5.38 Å². The Kier molecular flexibility index (Phi) is 1.64. The van der Waals surface area contributed by atoms with Crippen molar-refractivity contribution < 1.29 is 4.74 Å². The molecule has 2 nitrogen and oxygen atoms in total. The molecule has 1 aliphatic heterocycles. The van der Waals surface area contributed by atoms with Gasteiger partial charge >= 0.3 is 0 Å². The average molecular weight is 195 g/mol. The lowest BCUT2D eigenvalue weighted by Crippen LogP contribution is -2.10. The number of nitrogens with one attached hydrogen (secondary N) is 1. The maximum absolute atomic E-state index is 5.35. The number of ether oxygens (including phenoxy) is 1. The fraction of sp³-hybridized carbons (Fsp3) is 0.600. The molecular formula is C10H13NOS. The maximum atomic E-state index is 5.35. The van der Waals surface area contributed by atoms with Crippen LogP contribution in [-0.4, -0.2) is 20.2 Å². The average Bonchev–Trinajstić information content (AvgIpc) is 2.72. The summed E-state index contributed by atoms with van der Waals surface area (Å²) in [5, 5.41) is 5.61. The van der Waals surface area contributed by atoms with E-state index in [1.165, 1.54) is 25.1 Å². The standard InChI is InChI=1S/C10H13NOS/c1-12-9-5-13-10-7(9)2-6-3-11-4-8(6)10/h5-6,8,11H,2-4H2,1H3. The Morgan fingerprint density at radius 2 is 2.46 bits per heavy atom. The third-order valence-corrected chi connectivity index (χ3v) is 4.39. The van der Waals surface area contributed by atoms with E-state index in [-0.39, 0.29) is 0 Å². The first-order chi connectivity index (χ1) is 6.40. The quantitative estimate of drug-likeness (QED) is 0.735. The Hall–Kier alpha value is -0.540. The molecular weight excluding hydrogens is 182 g/mol. The zero-order valence-corrected chi connectivity index (χ0v) is 8.49. The van der Waals surface area contributed by atoms with Gasteiger partial charge in [0.2, 0.25) is 0 Å². The minimum absolute atomic E-state index is 0.781. The SMILES string of the molecule is COc1csc2c1CC1CNCC21. The van der Waals surface area contributed by atoms with Crippen molar-refractivity contribution in [3.05, 3.63) is 15.8 Å². The lowest BCUT2D eigenvalue weighted by molar-refractivity contribution is 0.410. The van der Waals surface area contributed by atoms with Gasteiger partial charge in [0.25, 0.3) is 0 Å². The Labute approximate surface area is 81.9 Å². The molecule has 1 saturated heterocycles. The van der Waals surface area contributed by atoms with E-state index >= 15 is 0 Å². The van der Waals surface area contributed by atoms with E-state index in [1.807, 2.05) is 11.3 Å². The highest BCUT2D eigenvalue weighted by atomic mass is 32.1. The Bertz CT molecular complexity index is 334. The summed E-state index contributed by atoms with van der Waals surface area (Å²) in [6.45, 7) is 2.36. The first-order valence-corrected chi connectivity index (χ1v) is 5.63. The van der Waals surface area contributed by atoms with Crippen LogP contribution in [0.3, 0.4) is 0 Å². The number of methoxy groups -OCH3 is 1. The Morgan fingerprint density at radius 3 is 3.31 bits per heavy atom. The summed E-state index contributed by atoms with van der Waals surface area (Å²) in [4.78, 5) is 1.58. The predicted molar refractivity (Wildman–Crippen MR) is 53.7 cm³/mol. The summed E-state index contributed by atoms with van der Waals surface area (Å²) in [7, 11) is 1.77. The minimum atomic E-state index is 0.781. The summed E-state index contributed by atoms with van der Waals surface area (Å²) in [5.74, 6) is 2.75. The third-order valence-electron chi connectivity index (χ3n) is 3.25. The van der Waals surface area contributed by atoms with Gasteiger partial charge in [-0.25, -0.2) is 0 Å². The van der Waals surface area contributed by atoms with E-state index < -0.39 is 0 Å². The van der Waals surface area contributed by atoms with Crippen molar-refractivity contribution in [2.75, 3.05) is 20.2 Å². The maximum Gasteiger partial charge on any atom is 0.133 e. The van der Waals surface area contributed by atoms with Gasteiger partial charge in [0.05, 0.1) is 7.11 Å². The van der Waals surface area contributed by atoms with Crippen LogP contribution in [0.4, 0.5) is 0 Å². The van der Waals surface area contributed by atoms with Gasteiger partial charge in [0, 0.05) is 28.3 Å². The van der Waals surface area contributed by atoms with Gasteiger partial charge in [-0.05, 0) is 18.9 Å². The molecule has 2 unspecified atom stereocenters. The molecule has 1 fully saturated rings. The van der Waals surface area contributed by atoms with Gasteiger partial charge in [0.15, 0.2) is 0 Å². The van der Waals surface area contributed by atoms with Gasteiger partial charge in [-0.15, -0.1) is 11.3 Å². The van der Waals surface area contributed by atoms with E-state index in [4.69, 9.17) is 4.74 Å². The Morgan fingerprint density at radius 1 is 1.54 bits per heavy atom. The fourth-order valence-corrected chi connectivity index (χ4v) is 3.83. The largest absolute Gasteiger partial charge is 0.496 e. The highest BCUT2D eigenvalue weighted by Crippen LogP contribution is 2.47. The third kappa shape index (κ3) is 0.973. The zero-order chi connectivity index (χ0) is 8.84. The van der Waals surface area contributed by atoms with E-state index in [0.29, 0.717) is 0 Å². The fourth-order valence-electron chi connectivity index (χ4n) is 2.58. The van der Waals surface area contributed by atoms with Crippen molar-refractivity contribution in [3.63, 3.8) is 0 Å². The Balaban J connectivity index is 2.03. The molecule has 0 saturated carbocycles. The molecule has 0 bridgehead atoms. The molecule has 1 aliphatic carbocycles. The van der Waals surface area contributed by atoms with Crippen molar-refractivity contribution in [2.24, 2.45) is 5.92 Å². The zero-order valence-electron chi connectivity index (χ0n) is 7.67. The number of fused-ring (bicyclic) bond motifs is 3. The predicted octanol–water partition coefficient (Wildman–Crippen LogP) is 1.62. The van der Waals surface area contributed by atoms with Crippen LogP contribution in [-0.2, 0) is 6.42 Å². The normalized spacial score (nSPS) is 30.2. The van der Waals surface area contributed by atoms with E-state index in [2.05, 4.69) is 10.7 Å². The lowest BCUT2D eigenvalue weighted by atomic mass is 10.0. The first kappa shape index (κ1) is 7.83. The smallest absolute Gasteiger partial charge is 0.133 e. The second-order valence-corrected chi connectivity index (χ2v) is 4.79. The van der Waals surface area contributed by atoms with Gasteiger partial charge in [-0.2, -0.15) is 0 Å². The molecule has 3 heteroatoms. The first-order valence-electron chi connectivity index (χ1n) is 4.75. The lowest BCUT2D eigenvalue weighted by Gasteiger charge is -2.05. The van der Waals surface area contributed by atoms with Crippen LogP contribution < -0.4 is 10.1 Å². The van der Waals surface area contributed by atoms with Crippen molar-refractivity contribution in [2.45, 2.75) is 12.3 Å². The van der Waals surface area contributed by atoms with Crippen LogP contribution in [0.1, 0.15) is 16.4 Å². The van der Waals surface area contributed by atoms with Crippen LogP contribution in [0, 0.1) is 5.92 Å². The van der Waals surface area contributed by atoms with Crippen LogP contribution >= 0.6 is 11.3 Å². The van der Waals surface area contributed by atoms with Crippen molar-refractivity contribution in [3.8, 4) is 5.75 Å².